The number of nitrogens with zero attached hydrogens (tertiary/aromatic N) is 1. The zero-order chi connectivity index (χ0) is 11.0. The molecule has 0 radical (unpaired) electrons. The molecule has 0 unspecified atom stereocenters. The monoisotopic (exact) mass is 245 g/mol. The van der Waals surface area contributed by atoms with E-state index >= 15 is 0 Å². The van der Waals surface area contributed by atoms with Crippen molar-refractivity contribution in [1.82, 2.24) is 4.98 Å². The van der Waals surface area contributed by atoms with Crippen molar-refractivity contribution in [3.05, 3.63) is 51.2 Å². The molecule has 3 heteroatoms. The van der Waals surface area contributed by atoms with Gasteiger partial charge >= 0.3 is 0 Å². The van der Waals surface area contributed by atoms with Crippen LogP contribution in [-0.2, 0) is 6.42 Å². The molecule has 0 amide bonds. The number of aromatic nitrogens is 1. The van der Waals surface area contributed by atoms with Crippen molar-refractivity contribution in [2.75, 3.05) is 0 Å². The predicted octanol–water partition coefficient (Wildman–Crippen LogP) is 4.26. The van der Waals surface area contributed by atoms with E-state index in [0.29, 0.717) is 0 Å². The summed E-state index contributed by atoms with van der Waals surface area (Å²) in [5.41, 5.74) is 1.12. The second kappa shape index (κ2) is 4.00. The van der Waals surface area contributed by atoms with Crippen molar-refractivity contribution in [3.8, 4) is 0 Å². The normalized spacial score (nSPS) is 11.1. The molecule has 0 atom stereocenters. The largest absolute Gasteiger partial charge is 0.241 e. The highest BCUT2D eigenvalue weighted by Gasteiger charge is 2.05. The Kier molecular flexibility index (Phi) is 2.50. The van der Waals surface area contributed by atoms with Gasteiger partial charge in [-0.1, -0.05) is 12.1 Å². The number of hydrogen-bond donors (Lipinski definition) is 0. The van der Waals surface area contributed by atoms with Crippen LogP contribution in [0, 0.1) is 6.92 Å². The molecular weight excluding hydrogens is 234 g/mol. The van der Waals surface area contributed by atoms with E-state index in [2.05, 4.69) is 42.2 Å². The molecule has 0 aliphatic carbocycles. The summed E-state index contributed by atoms with van der Waals surface area (Å²) < 4.78 is 1.28. The molecule has 0 spiro atoms. The van der Waals surface area contributed by atoms with Crippen LogP contribution in [0.1, 0.15) is 14.8 Å². The molecule has 3 rings (SSSR count). The molecule has 0 fully saturated rings. The lowest BCUT2D eigenvalue weighted by Crippen LogP contribution is -1.81. The third-order valence-electron chi connectivity index (χ3n) is 2.46. The van der Waals surface area contributed by atoms with E-state index in [0.717, 1.165) is 11.9 Å². The predicted molar refractivity (Wildman–Crippen MR) is 71.5 cm³/mol. The minimum atomic E-state index is 0.970. The highest BCUT2D eigenvalue weighted by atomic mass is 32.1. The SMILES string of the molecule is Cc1ccc(Cc2nc3ccccc3s2)s1. The number of para-hydroxylation sites is 1. The molecule has 3 aromatic rings. The van der Waals surface area contributed by atoms with E-state index in [4.69, 9.17) is 0 Å². The summed E-state index contributed by atoms with van der Waals surface area (Å²) in [6.45, 7) is 2.15. The first-order chi connectivity index (χ1) is 7.81. The highest BCUT2D eigenvalue weighted by molar-refractivity contribution is 7.18. The van der Waals surface area contributed by atoms with E-state index in [1.54, 1.807) is 11.3 Å². The van der Waals surface area contributed by atoms with Crippen molar-refractivity contribution in [3.63, 3.8) is 0 Å². The molecule has 0 saturated heterocycles. The number of thiophene rings is 1. The number of rotatable bonds is 2. The lowest BCUT2D eigenvalue weighted by Gasteiger charge is -1.89. The Morgan fingerprint density at radius 3 is 2.69 bits per heavy atom. The van der Waals surface area contributed by atoms with E-state index in [1.165, 1.54) is 19.5 Å². The molecule has 80 valence electrons. The second-order valence-corrected chi connectivity index (χ2v) is 6.25. The van der Waals surface area contributed by atoms with Gasteiger partial charge in [0, 0.05) is 16.2 Å². The average Bonchev–Trinajstić information content (AvgIpc) is 2.84. The highest BCUT2D eigenvalue weighted by Crippen LogP contribution is 2.25. The maximum Gasteiger partial charge on any atom is 0.0990 e. The Hall–Kier alpha value is -1.19. The molecule has 16 heavy (non-hydrogen) atoms. The Bertz CT molecular complexity index is 588. The lowest BCUT2D eigenvalue weighted by atomic mass is 10.3. The zero-order valence-corrected chi connectivity index (χ0v) is 10.6. The standard InChI is InChI=1S/C13H11NS2/c1-9-6-7-10(15-9)8-13-14-11-4-2-3-5-12(11)16-13/h2-7H,8H2,1H3. The minimum absolute atomic E-state index is 0.970. The Labute approximate surface area is 102 Å². The number of hydrogen-bond acceptors (Lipinski definition) is 3. The zero-order valence-electron chi connectivity index (χ0n) is 8.93. The molecule has 1 aromatic carbocycles. The van der Waals surface area contributed by atoms with Gasteiger partial charge in [0.25, 0.3) is 0 Å². The number of benzene rings is 1. The fourth-order valence-electron chi connectivity index (χ4n) is 1.72. The maximum absolute atomic E-state index is 4.64. The van der Waals surface area contributed by atoms with Crippen LogP contribution in [0.2, 0.25) is 0 Å². The summed E-state index contributed by atoms with van der Waals surface area (Å²) in [7, 11) is 0. The molecule has 0 N–H and O–H groups in total. The van der Waals surface area contributed by atoms with Gasteiger partial charge in [0.1, 0.15) is 0 Å². The van der Waals surface area contributed by atoms with Gasteiger partial charge in [-0.3, -0.25) is 0 Å². The average molecular weight is 245 g/mol. The fraction of sp³-hybridized carbons (Fsp3) is 0.154. The second-order valence-electron chi connectivity index (χ2n) is 3.76. The summed E-state index contributed by atoms with van der Waals surface area (Å²) >= 11 is 3.66. The Balaban J connectivity index is 1.95. The molecule has 2 heterocycles. The molecule has 0 aliphatic rings. The molecule has 0 aliphatic heterocycles. The Morgan fingerprint density at radius 1 is 1.06 bits per heavy atom. The molecule has 1 nitrogen and oxygen atoms in total. The van der Waals surface area contributed by atoms with Gasteiger partial charge < -0.3 is 0 Å². The lowest BCUT2D eigenvalue weighted by molar-refractivity contribution is 1.19. The topological polar surface area (TPSA) is 12.9 Å². The van der Waals surface area contributed by atoms with Gasteiger partial charge in [-0.25, -0.2) is 4.98 Å². The van der Waals surface area contributed by atoms with Gasteiger partial charge in [0.2, 0.25) is 0 Å². The molecular formula is C13H11NS2. The van der Waals surface area contributed by atoms with Gasteiger partial charge in [-0.05, 0) is 31.2 Å². The summed E-state index contributed by atoms with van der Waals surface area (Å²) in [5.74, 6) is 0. The van der Waals surface area contributed by atoms with E-state index < -0.39 is 0 Å². The van der Waals surface area contributed by atoms with Gasteiger partial charge in [0.15, 0.2) is 0 Å². The Morgan fingerprint density at radius 2 is 1.94 bits per heavy atom. The van der Waals surface area contributed by atoms with Crippen LogP contribution >= 0.6 is 22.7 Å². The van der Waals surface area contributed by atoms with Crippen molar-refractivity contribution >= 4 is 32.9 Å². The van der Waals surface area contributed by atoms with Crippen LogP contribution in [0.3, 0.4) is 0 Å². The summed E-state index contributed by atoms with van der Waals surface area (Å²) in [4.78, 5) is 7.41. The first kappa shape index (κ1) is 10.00. The summed E-state index contributed by atoms with van der Waals surface area (Å²) in [5, 5.41) is 1.21. The van der Waals surface area contributed by atoms with E-state index in [9.17, 15) is 0 Å². The van der Waals surface area contributed by atoms with Crippen LogP contribution in [0.5, 0.6) is 0 Å². The first-order valence-electron chi connectivity index (χ1n) is 5.21. The molecule has 0 saturated carbocycles. The van der Waals surface area contributed by atoms with Gasteiger partial charge in [-0.15, -0.1) is 22.7 Å². The molecule has 0 bridgehead atoms. The van der Waals surface area contributed by atoms with Crippen LogP contribution in [-0.4, -0.2) is 4.98 Å². The van der Waals surface area contributed by atoms with Crippen LogP contribution in [0.15, 0.2) is 36.4 Å². The van der Waals surface area contributed by atoms with Crippen molar-refractivity contribution < 1.29 is 0 Å². The maximum atomic E-state index is 4.64. The van der Waals surface area contributed by atoms with Gasteiger partial charge in [0.05, 0.1) is 15.2 Å². The molecule has 2 aromatic heterocycles. The number of fused-ring (bicyclic) bond motifs is 1. The number of thiazole rings is 1. The smallest absolute Gasteiger partial charge is 0.0990 e. The van der Waals surface area contributed by atoms with Crippen LogP contribution in [0.25, 0.3) is 10.2 Å². The number of aryl methyl sites for hydroxylation is 1. The van der Waals surface area contributed by atoms with E-state index in [-0.39, 0.29) is 0 Å². The minimum Gasteiger partial charge on any atom is -0.241 e. The first-order valence-corrected chi connectivity index (χ1v) is 6.84. The summed E-state index contributed by atoms with van der Waals surface area (Å²) in [6.07, 6.45) is 0.970. The quantitative estimate of drug-likeness (QED) is 0.657. The van der Waals surface area contributed by atoms with Crippen molar-refractivity contribution in [2.45, 2.75) is 13.3 Å². The van der Waals surface area contributed by atoms with E-state index in [1.807, 2.05) is 17.4 Å². The van der Waals surface area contributed by atoms with Crippen molar-refractivity contribution in [1.29, 1.82) is 0 Å². The third kappa shape index (κ3) is 1.88. The third-order valence-corrected chi connectivity index (χ3v) is 4.50. The summed E-state index contributed by atoms with van der Waals surface area (Å²) in [6, 6.07) is 12.7. The van der Waals surface area contributed by atoms with Crippen LogP contribution in [0.4, 0.5) is 0 Å². The van der Waals surface area contributed by atoms with Crippen molar-refractivity contribution in [2.24, 2.45) is 0 Å². The van der Waals surface area contributed by atoms with Gasteiger partial charge in [-0.2, -0.15) is 0 Å². The fourth-order valence-corrected chi connectivity index (χ4v) is 3.70. The van der Waals surface area contributed by atoms with Crippen LogP contribution < -0.4 is 0 Å².